The molecule has 1 aromatic carbocycles. The lowest BCUT2D eigenvalue weighted by Gasteiger charge is -2.17. The maximum atomic E-state index is 10.8. The molecule has 3 aliphatic carbocycles. The van der Waals surface area contributed by atoms with E-state index >= 15 is 0 Å². The molecule has 0 aromatic heterocycles. The predicted octanol–water partition coefficient (Wildman–Crippen LogP) is 4.17. The summed E-state index contributed by atoms with van der Waals surface area (Å²) < 4.78 is 6.48. The zero-order valence-electron chi connectivity index (χ0n) is 11.8. The maximum absolute atomic E-state index is 10.8. The molecule has 5 atom stereocenters. The van der Waals surface area contributed by atoms with Gasteiger partial charge in [0.05, 0.1) is 12.7 Å². The van der Waals surface area contributed by atoms with Crippen molar-refractivity contribution >= 4 is 15.9 Å². The summed E-state index contributed by atoms with van der Waals surface area (Å²) in [5, 5.41) is 10.8. The third-order valence-corrected chi connectivity index (χ3v) is 6.45. The minimum atomic E-state index is -0.307. The Hall–Kier alpha value is -0.540. The van der Waals surface area contributed by atoms with E-state index in [0.717, 1.165) is 39.5 Å². The Balaban J connectivity index is 1.53. The molecule has 1 N–H and O–H groups in total. The fraction of sp³-hybridized carbons (Fsp3) is 0.647. The monoisotopic (exact) mass is 336 g/mol. The van der Waals surface area contributed by atoms with Crippen LogP contribution in [0.1, 0.15) is 37.9 Å². The van der Waals surface area contributed by atoms with Crippen LogP contribution in [0.5, 0.6) is 5.75 Å². The average molecular weight is 337 g/mol. The van der Waals surface area contributed by atoms with Crippen molar-refractivity contribution < 1.29 is 9.84 Å². The maximum Gasteiger partial charge on any atom is 0.120 e. The summed E-state index contributed by atoms with van der Waals surface area (Å²) in [5.74, 6) is 4.81. The number of hydrogen-bond donors (Lipinski definition) is 1. The fourth-order valence-corrected chi connectivity index (χ4v) is 5.62. The van der Waals surface area contributed by atoms with E-state index in [1.165, 1.54) is 19.3 Å². The Morgan fingerprint density at radius 1 is 1.30 bits per heavy atom. The number of aliphatic hydroxyl groups is 1. The van der Waals surface area contributed by atoms with Gasteiger partial charge in [0, 0.05) is 4.47 Å². The van der Waals surface area contributed by atoms with Gasteiger partial charge in [0.25, 0.3) is 0 Å². The molecule has 0 amide bonds. The molecular weight excluding hydrogens is 316 g/mol. The van der Waals surface area contributed by atoms with Crippen molar-refractivity contribution in [1.82, 2.24) is 0 Å². The summed E-state index contributed by atoms with van der Waals surface area (Å²) in [6, 6.07) is 5.98. The Bertz CT molecular complexity index is 514. The van der Waals surface area contributed by atoms with Gasteiger partial charge in [0.15, 0.2) is 0 Å². The highest BCUT2D eigenvalue weighted by atomic mass is 79.9. The Labute approximate surface area is 128 Å². The molecule has 3 heteroatoms. The lowest BCUT2D eigenvalue weighted by Crippen LogP contribution is -2.09. The second-order valence-electron chi connectivity index (χ2n) is 6.63. The van der Waals surface area contributed by atoms with Crippen molar-refractivity contribution in [1.29, 1.82) is 0 Å². The number of halogens is 1. The van der Waals surface area contributed by atoms with Gasteiger partial charge in [-0.15, -0.1) is 0 Å². The van der Waals surface area contributed by atoms with Crippen LogP contribution >= 0.6 is 15.9 Å². The van der Waals surface area contributed by atoms with E-state index in [9.17, 15) is 5.11 Å². The van der Waals surface area contributed by atoms with Crippen LogP contribution in [0.3, 0.4) is 0 Å². The largest absolute Gasteiger partial charge is 0.494 e. The van der Waals surface area contributed by atoms with E-state index in [1.807, 2.05) is 25.1 Å². The number of aliphatic hydroxyl groups excluding tert-OH is 1. The molecule has 4 rings (SSSR count). The van der Waals surface area contributed by atoms with Crippen molar-refractivity contribution in [2.75, 3.05) is 6.61 Å². The smallest absolute Gasteiger partial charge is 0.120 e. The van der Waals surface area contributed by atoms with Crippen LogP contribution in [-0.2, 0) is 0 Å². The predicted molar refractivity (Wildman–Crippen MR) is 81.6 cm³/mol. The highest BCUT2D eigenvalue weighted by molar-refractivity contribution is 9.10. The summed E-state index contributed by atoms with van der Waals surface area (Å²) in [4.78, 5) is 0. The van der Waals surface area contributed by atoms with Crippen molar-refractivity contribution in [3.63, 3.8) is 0 Å². The molecule has 0 spiro atoms. The van der Waals surface area contributed by atoms with Crippen LogP contribution < -0.4 is 4.74 Å². The molecule has 3 aliphatic rings. The Morgan fingerprint density at radius 3 is 2.60 bits per heavy atom. The zero-order valence-corrected chi connectivity index (χ0v) is 13.3. The second-order valence-corrected chi connectivity index (χ2v) is 7.48. The van der Waals surface area contributed by atoms with Crippen LogP contribution in [0, 0.1) is 29.6 Å². The van der Waals surface area contributed by atoms with E-state index < -0.39 is 0 Å². The third-order valence-electron chi connectivity index (χ3n) is 5.76. The molecule has 20 heavy (non-hydrogen) atoms. The number of hydrogen-bond acceptors (Lipinski definition) is 2. The summed E-state index contributed by atoms with van der Waals surface area (Å²) >= 11 is 3.60. The molecule has 2 bridgehead atoms. The first-order chi connectivity index (χ1) is 9.70. The van der Waals surface area contributed by atoms with Crippen molar-refractivity contribution in [2.45, 2.75) is 32.3 Å². The van der Waals surface area contributed by atoms with Gasteiger partial charge in [-0.1, -0.05) is 22.0 Å². The molecule has 0 heterocycles. The summed E-state index contributed by atoms with van der Waals surface area (Å²) in [6.07, 6.45) is 3.93. The van der Waals surface area contributed by atoms with Crippen LogP contribution in [0.4, 0.5) is 0 Å². The molecule has 5 unspecified atom stereocenters. The van der Waals surface area contributed by atoms with Gasteiger partial charge < -0.3 is 9.84 Å². The molecule has 3 saturated carbocycles. The molecule has 0 aliphatic heterocycles. The molecule has 1 aromatic rings. The van der Waals surface area contributed by atoms with Gasteiger partial charge in [-0.25, -0.2) is 0 Å². The minimum absolute atomic E-state index is 0.307. The van der Waals surface area contributed by atoms with Gasteiger partial charge in [-0.2, -0.15) is 0 Å². The molecule has 0 radical (unpaired) electrons. The first-order valence-corrected chi connectivity index (χ1v) is 8.60. The number of rotatable bonds is 4. The normalized spacial score (nSPS) is 38.6. The minimum Gasteiger partial charge on any atom is -0.494 e. The van der Waals surface area contributed by atoms with E-state index in [-0.39, 0.29) is 6.10 Å². The second kappa shape index (κ2) is 4.74. The summed E-state index contributed by atoms with van der Waals surface area (Å²) in [7, 11) is 0. The molecule has 0 saturated heterocycles. The van der Waals surface area contributed by atoms with Crippen LogP contribution in [0.15, 0.2) is 22.7 Å². The Kier molecular flexibility index (Phi) is 3.11. The van der Waals surface area contributed by atoms with Gasteiger partial charge in [-0.05, 0) is 73.5 Å². The Morgan fingerprint density at radius 2 is 2.00 bits per heavy atom. The van der Waals surface area contributed by atoms with Gasteiger partial charge in [-0.3, -0.25) is 0 Å². The van der Waals surface area contributed by atoms with Crippen molar-refractivity contribution in [2.24, 2.45) is 29.6 Å². The van der Waals surface area contributed by atoms with E-state index in [0.29, 0.717) is 12.5 Å². The van der Waals surface area contributed by atoms with Crippen LogP contribution in [0.2, 0.25) is 0 Å². The number of ether oxygens (including phenoxy) is 1. The summed E-state index contributed by atoms with van der Waals surface area (Å²) in [6.45, 7) is 2.66. The third kappa shape index (κ3) is 1.86. The molecule has 2 nitrogen and oxygen atoms in total. The standard InChI is InChI=1S/C17H21BrO2/c1-2-20-11-5-6-12(13(18)8-11)17(19)16-14-9-3-4-10(7-9)15(14)16/h5-6,8-10,14-17,19H,2-4,7H2,1H3. The van der Waals surface area contributed by atoms with E-state index in [1.54, 1.807) is 0 Å². The van der Waals surface area contributed by atoms with Gasteiger partial charge in [0.1, 0.15) is 5.75 Å². The first kappa shape index (κ1) is 13.1. The number of fused-ring (bicyclic) bond motifs is 5. The quantitative estimate of drug-likeness (QED) is 0.893. The van der Waals surface area contributed by atoms with E-state index in [4.69, 9.17) is 4.74 Å². The van der Waals surface area contributed by atoms with Gasteiger partial charge in [0.2, 0.25) is 0 Å². The lowest BCUT2D eigenvalue weighted by molar-refractivity contribution is 0.129. The topological polar surface area (TPSA) is 29.5 Å². The molecule has 108 valence electrons. The lowest BCUT2D eigenvalue weighted by atomic mass is 9.95. The van der Waals surface area contributed by atoms with Crippen LogP contribution in [-0.4, -0.2) is 11.7 Å². The fourth-order valence-electron chi connectivity index (χ4n) is 5.03. The highest BCUT2D eigenvalue weighted by Crippen LogP contribution is 2.72. The number of benzene rings is 1. The summed E-state index contributed by atoms with van der Waals surface area (Å²) in [5.41, 5.74) is 1.03. The first-order valence-electron chi connectivity index (χ1n) is 7.81. The molecular formula is C17H21BrO2. The van der Waals surface area contributed by atoms with Crippen LogP contribution in [0.25, 0.3) is 0 Å². The van der Waals surface area contributed by atoms with E-state index in [2.05, 4.69) is 15.9 Å². The van der Waals surface area contributed by atoms with Crippen molar-refractivity contribution in [3.8, 4) is 5.75 Å². The van der Waals surface area contributed by atoms with Gasteiger partial charge >= 0.3 is 0 Å². The van der Waals surface area contributed by atoms with Crippen molar-refractivity contribution in [3.05, 3.63) is 28.2 Å². The molecule has 3 fully saturated rings. The SMILES string of the molecule is CCOc1ccc(C(O)C2C3C4CCC(C4)C32)c(Br)c1. The zero-order chi connectivity index (χ0) is 13.9. The average Bonchev–Trinajstić information content (AvgIpc) is 2.87. The highest BCUT2D eigenvalue weighted by Gasteiger charge is 2.66.